The third-order valence-electron chi connectivity index (χ3n) is 5.22. The van der Waals surface area contributed by atoms with Crippen LogP contribution in [0.4, 0.5) is 5.69 Å². The summed E-state index contributed by atoms with van der Waals surface area (Å²) in [7, 11) is 0. The first kappa shape index (κ1) is 16.5. The van der Waals surface area contributed by atoms with Gasteiger partial charge in [0.15, 0.2) is 5.41 Å². The van der Waals surface area contributed by atoms with Crippen LogP contribution in [0.15, 0.2) is 22.7 Å². The molecule has 1 aliphatic heterocycles. The van der Waals surface area contributed by atoms with Gasteiger partial charge in [0.25, 0.3) is 0 Å². The number of esters is 1. The molecule has 0 bridgehead atoms. The van der Waals surface area contributed by atoms with E-state index in [9.17, 15) is 9.59 Å². The second-order valence-corrected chi connectivity index (χ2v) is 7.40. The van der Waals surface area contributed by atoms with Gasteiger partial charge in [-0.3, -0.25) is 9.59 Å². The third kappa shape index (κ3) is 2.32. The zero-order valence-electron chi connectivity index (χ0n) is 13.6. The number of rotatable bonds is 6. The fraction of sp³-hybridized carbons (Fsp3) is 0.556. The van der Waals surface area contributed by atoms with Gasteiger partial charge in [-0.25, -0.2) is 0 Å². The Kier molecular flexibility index (Phi) is 4.25. The number of fused-ring (bicyclic) bond motifs is 3. The van der Waals surface area contributed by atoms with Crippen molar-refractivity contribution in [2.75, 3.05) is 11.9 Å². The highest BCUT2D eigenvalue weighted by Crippen LogP contribution is 2.71. The van der Waals surface area contributed by atoms with Gasteiger partial charge in [0.2, 0.25) is 5.91 Å². The summed E-state index contributed by atoms with van der Waals surface area (Å²) < 4.78 is 6.23. The molecule has 3 rings (SSSR count). The van der Waals surface area contributed by atoms with E-state index in [2.05, 4.69) is 28.2 Å². The van der Waals surface area contributed by atoms with Crippen molar-refractivity contribution in [2.24, 2.45) is 5.41 Å². The molecule has 0 unspecified atom stereocenters. The van der Waals surface area contributed by atoms with E-state index in [1.165, 1.54) is 0 Å². The lowest BCUT2D eigenvalue weighted by molar-refractivity contribution is -0.154. The summed E-state index contributed by atoms with van der Waals surface area (Å²) in [4.78, 5) is 25.3. The third-order valence-corrected chi connectivity index (χ3v) is 5.72. The molecule has 2 aliphatic rings. The quantitative estimate of drug-likeness (QED) is 0.458. The number of halogens is 1. The highest BCUT2D eigenvalue weighted by Gasteiger charge is 2.79. The zero-order valence-corrected chi connectivity index (χ0v) is 15.2. The molecule has 1 saturated carbocycles. The molecule has 1 aliphatic carbocycles. The van der Waals surface area contributed by atoms with Gasteiger partial charge in [-0.15, -0.1) is 0 Å². The van der Waals surface area contributed by atoms with Crippen LogP contribution in [-0.4, -0.2) is 18.5 Å². The van der Waals surface area contributed by atoms with Crippen LogP contribution >= 0.6 is 15.9 Å². The second kappa shape index (κ2) is 5.93. The molecule has 0 saturated heterocycles. The average molecular weight is 380 g/mol. The Balaban J connectivity index is 2.05. The maximum Gasteiger partial charge on any atom is 0.322 e. The number of nitrogens with one attached hydrogen (secondary N) is 1. The number of unbranched alkanes of at least 4 members (excludes halogenated alkanes) is 2. The monoisotopic (exact) mass is 379 g/mol. The Hall–Kier alpha value is -1.36. The van der Waals surface area contributed by atoms with Crippen molar-refractivity contribution in [3.8, 4) is 0 Å². The number of hydrogen-bond donors (Lipinski definition) is 1. The predicted octanol–water partition coefficient (Wildman–Crippen LogP) is 4.17. The van der Waals surface area contributed by atoms with Crippen molar-refractivity contribution in [1.82, 2.24) is 0 Å². The molecule has 0 radical (unpaired) electrons. The number of amides is 1. The summed E-state index contributed by atoms with van der Waals surface area (Å²) in [6.45, 7) is 4.23. The van der Waals surface area contributed by atoms with Gasteiger partial charge in [-0.2, -0.15) is 0 Å². The molecule has 0 spiro atoms. The van der Waals surface area contributed by atoms with E-state index in [-0.39, 0.29) is 11.9 Å². The Labute approximate surface area is 145 Å². The molecule has 1 aromatic rings. The predicted molar refractivity (Wildman–Crippen MR) is 92.3 cm³/mol. The lowest BCUT2D eigenvalue weighted by atomic mass is 9.78. The second-order valence-electron chi connectivity index (χ2n) is 6.49. The first-order valence-electron chi connectivity index (χ1n) is 8.30. The molecule has 2 atom stereocenters. The molecule has 0 aromatic heterocycles. The van der Waals surface area contributed by atoms with E-state index in [1.54, 1.807) is 6.92 Å². The van der Waals surface area contributed by atoms with Crippen LogP contribution in [0.5, 0.6) is 0 Å². The van der Waals surface area contributed by atoms with E-state index in [0.717, 1.165) is 41.4 Å². The van der Waals surface area contributed by atoms with Crippen molar-refractivity contribution in [3.63, 3.8) is 0 Å². The van der Waals surface area contributed by atoms with E-state index >= 15 is 0 Å². The molecule has 23 heavy (non-hydrogen) atoms. The van der Waals surface area contributed by atoms with Crippen molar-refractivity contribution in [3.05, 3.63) is 28.2 Å². The number of ether oxygens (including phenoxy) is 1. The summed E-state index contributed by atoms with van der Waals surface area (Å²) >= 11 is 3.51. The van der Waals surface area contributed by atoms with Gasteiger partial charge in [-0.05, 0) is 43.5 Å². The molecule has 1 amide bonds. The van der Waals surface area contributed by atoms with Crippen molar-refractivity contribution in [2.45, 2.75) is 51.4 Å². The van der Waals surface area contributed by atoms with Gasteiger partial charge >= 0.3 is 5.97 Å². The van der Waals surface area contributed by atoms with E-state index in [4.69, 9.17) is 4.74 Å². The van der Waals surface area contributed by atoms with Gasteiger partial charge in [0.05, 0.1) is 6.61 Å². The number of carbonyl (C=O) groups is 2. The molecular formula is C18H22BrNO3. The molecule has 1 aromatic carbocycles. The van der Waals surface area contributed by atoms with Crippen LogP contribution < -0.4 is 5.32 Å². The van der Waals surface area contributed by atoms with Crippen molar-refractivity contribution < 1.29 is 14.3 Å². The Morgan fingerprint density at radius 3 is 2.83 bits per heavy atom. The molecule has 4 nitrogen and oxygen atoms in total. The largest absolute Gasteiger partial charge is 0.465 e. The lowest BCUT2D eigenvalue weighted by Gasteiger charge is -2.31. The fourth-order valence-corrected chi connectivity index (χ4v) is 4.37. The standard InChI is InChI=1S/C18H22BrNO3/c1-3-5-6-9-17-11-18(17,16(22)23-4-2)15(21)20-14-8-7-12(19)10-13(14)17/h7-8,10H,3-6,9,11H2,1-2H3,(H,20,21)/t17-,18+/m1/s1. The van der Waals surface area contributed by atoms with Crippen LogP contribution in [0, 0.1) is 5.41 Å². The zero-order chi connectivity index (χ0) is 16.7. The number of anilines is 1. The van der Waals surface area contributed by atoms with E-state index < -0.39 is 10.8 Å². The normalized spacial score (nSPS) is 27.7. The summed E-state index contributed by atoms with van der Waals surface area (Å²) in [5, 5.41) is 2.91. The minimum atomic E-state index is -1.04. The Morgan fingerprint density at radius 1 is 1.35 bits per heavy atom. The number of benzene rings is 1. The highest BCUT2D eigenvalue weighted by atomic mass is 79.9. The molecule has 124 valence electrons. The Morgan fingerprint density at radius 2 is 2.13 bits per heavy atom. The van der Waals surface area contributed by atoms with Crippen LogP contribution in [0.25, 0.3) is 0 Å². The van der Waals surface area contributed by atoms with Gasteiger partial charge in [-0.1, -0.05) is 42.1 Å². The molecular weight excluding hydrogens is 358 g/mol. The number of carbonyl (C=O) groups excluding carboxylic acids is 2. The van der Waals surface area contributed by atoms with Crippen molar-refractivity contribution in [1.29, 1.82) is 0 Å². The van der Waals surface area contributed by atoms with E-state index in [0.29, 0.717) is 13.0 Å². The fourth-order valence-electron chi connectivity index (χ4n) is 4.01. The minimum absolute atomic E-state index is 0.206. The molecule has 1 heterocycles. The van der Waals surface area contributed by atoms with Crippen LogP contribution in [0.3, 0.4) is 0 Å². The topological polar surface area (TPSA) is 55.4 Å². The average Bonchev–Trinajstić information content (AvgIpc) is 3.22. The number of hydrogen-bond acceptors (Lipinski definition) is 3. The maximum atomic E-state index is 12.7. The maximum absolute atomic E-state index is 12.7. The Bertz CT molecular complexity index is 660. The van der Waals surface area contributed by atoms with Gasteiger partial charge in [0, 0.05) is 15.6 Å². The summed E-state index contributed by atoms with van der Waals surface area (Å²) in [6.07, 6.45) is 4.62. The van der Waals surface area contributed by atoms with Gasteiger partial charge < -0.3 is 10.1 Å². The smallest absolute Gasteiger partial charge is 0.322 e. The van der Waals surface area contributed by atoms with E-state index in [1.807, 2.05) is 18.2 Å². The van der Waals surface area contributed by atoms with Crippen molar-refractivity contribution >= 4 is 33.5 Å². The first-order chi connectivity index (χ1) is 11.0. The SMILES string of the molecule is CCCCC[C@]12C[C@@]1(C(=O)OCC)C(=O)Nc1ccc(Br)cc12. The van der Waals surface area contributed by atoms with Crippen LogP contribution in [0.1, 0.15) is 51.5 Å². The molecule has 1 fully saturated rings. The van der Waals surface area contributed by atoms with Crippen LogP contribution in [0.2, 0.25) is 0 Å². The first-order valence-corrected chi connectivity index (χ1v) is 9.10. The molecule has 5 heteroatoms. The minimum Gasteiger partial charge on any atom is -0.465 e. The highest BCUT2D eigenvalue weighted by molar-refractivity contribution is 9.10. The van der Waals surface area contributed by atoms with Gasteiger partial charge in [0.1, 0.15) is 0 Å². The summed E-state index contributed by atoms with van der Waals surface area (Å²) in [6, 6.07) is 5.87. The molecule has 1 N–H and O–H groups in total. The summed E-state index contributed by atoms with van der Waals surface area (Å²) in [5.74, 6) is -0.582. The van der Waals surface area contributed by atoms with Crippen LogP contribution in [-0.2, 0) is 19.7 Å². The lowest BCUT2D eigenvalue weighted by Crippen LogP contribution is -2.43. The summed E-state index contributed by atoms with van der Waals surface area (Å²) in [5.41, 5.74) is 0.447.